The van der Waals surface area contributed by atoms with Crippen LogP contribution in [0.4, 0.5) is 5.69 Å². The van der Waals surface area contributed by atoms with Gasteiger partial charge < -0.3 is 5.32 Å². The van der Waals surface area contributed by atoms with Crippen molar-refractivity contribution < 1.29 is 4.79 Å². The zero-order valence-corrected chi connectivity index (χ0v) is 13.1. The molecule has 20 heavy (non-hydrogen) atoms. The van der Waals surface area contributed by atoms with E-state index in [2.05, 4.69) is 21.2 Å². The zero-order valence-electron chi connectivity index (χ0n) is 10.7. The van der Waals surface area contributed by atoms with Gasteiger partial charge in [-0.2, -0.15) is 5.26 Å². The molecule has 1 aromatic carbocycles. The molecule has 0 aliphatic heterocycles. The van der Waals surface area contributed by atoms with Crippen LogP contribution in [0.1, 0.15) is 10.4 Å². The number of carbonyl (C=O) groups excluding carboxylic acids is 1. The number of para-hydroxylation sites is 1. The van der Waals surface area contributed by atoms with Crippen LogP contribution >= 0.6 is 27.3 Å². The smallest absolute Gasteiger partial charge is 0.266 e. The summed E-state index contributed by atoms with van der Waals surface area (Å²) in [5.41, 5.74) is 1.78. The summed E-state index contributed by atoms with van der Waals surface area (Å²) in [6.07, 6.45) is 1.62. The Labute approximate surface area is 129 Å². The Morgan fingerprint density at radius 1 is 1.40 bits per heavy atom. The second kappa shape index (κ2) is 6.51. The quantitative estimate of drug-likeness (QED) is 0.662. The monoisotopic (exact) mass is 346 g/mol. The van der Waals surface area contributed by atoms with E-state index < -0.39 is 5.91 Å². The highest BCUT2D eigenvalue weighted by atomic mass is 79.9. The first-order valence-corrected chi connectivity index (χ1v) is 7.51. The highest BCUT2D eigenvalue weighted by Crippen LogP contribution is 2.23. The Balaban J connectivity index is 2.23. The molecule has 0 aliphatic carbocycles. The summed E-state index contributed by atoms with van der Waals surface area (Å²) in [4.78, 5) is 13.0. The van der Waals surface area contributed by atoms with Crippen LogP contribution in [0.15, 0.2) is 45.8 Å². The molecule has 0 fully saturated rings. The number of aryl methyl sites for hydroxylation is 1. The normalized spacial score (nSPS) is 10.9. The van der Waals surface area contributed by atoms with E-state index in [1.165, 1.54) is 11.3 Å². The third kappa shape index (κ3) is 3.35. The van der Waals surface area contributed by atoms with Crippen molar-refractivity contribution in [3.63, 3.8) is 0 Å². The predicted molar refractivity (Wildman–Crippen MR) is 85.4 cm³/mol. The fourth-order valence-electron chi connectivity index (χ4n) is 1.56. The molecular formula is C15H11BrN2OS. The number of halogens is 1. The summed E-state index contributed by atoms with van der Waals surface area (Å²) >= 11 is 4.86. The molecule has 2 aromatic rings. The molecule has 1 aromatic heterocycles. The fourth-order valence-corrected chi connectivity index (χ4v) is 2.81. The molecule has 0 saturated heterocycles. The van der Waals surface area contributed by atoms with Crippen LogP contribution in [0.2, 0.25) is 0 Å². The predicted octanol–water partition coefficient (Wildman–Crippen LogP) is 4.36. The Hall–Kier alpha value is -1.90. The summed E-state index contributed by atoms with van der Waals surface area (Å²) < 4.78 is 0.776. The molecule has 0 spiro atoms. The lowest BCUT2D eigenvalue weighted by Gasteiger charge is -2.06. The molecule has 1 heterocycles. The lowest BCUT2D eigenvalue weighted by atomic mass is 10.2. The molecule has 0 saturated carbocycles. The van der Waals surface area contributed by atoms with Gasteiger partial charge in [0.25, 0.3) is 5.91 Å². The topological polar surface area (TPSA) is 52.9 Å². The molecule has 2 rings (SSSR count). The maximum absolute atomic E-state index is 12.1. The molecular weight excluding hydrogens is 336 g/mol. The maximum Gasteiger partial charge on any atom is 0.266 e. The summed E-state index contributed by atoms with van der Waals surface area (Å²) in [5, 5.41) is 13.8. The van der Waals surface area contributed by atoms with E-state index in [4.69, 9.17) is 5.26 Å². The molecule has 0 atom stereocenters. The number of carbonyl (C=O) groups is 1. The van der Waals surface area contributed by atoms with Gasteiger partial charge in [-0.05, 0) is 58.1 Å². The van der Waals surface area contributed by atoms with Crippen molar-refractivity contribution in [2.45, 2.75) is 6.92 Å². The molecule has 3 nitrogen and oxygen atoms in total. The Bertz CT molecular complexity index is 713. The Morgan fingerprint density at radius 3 is 2.75 bits per heavy atom. The van der Waals surface area contributed by atoms with Crippen molar-refractivity contribution in [3.05, 3.63) is 56.2 Å². The molecule has 1 amide bonds. The van der Waals surface area contributed by atoms with Crippen molar-refractivity contribution in [2.24, 2.45) is 0 Å². The minimum Gasteiger partial charge on any atom is -0.320 e. The highest BCUT2D eigenvalue weighted by Gasteiger charge is 2.11. The van der Waals surface area contributed by atoms with Gasteiger partial charge in [0.15, 0.2) is 0 Å². The van der Waals surface area contributed by atoms with Crippen LogP contribution in [-0.2, 0) is 4.79 Å². The maximum atomic E-state index is 12.1. The van der Waals surface area contributed by atoms with Gasteiger partial charge in [0, 0.05) is 9.35 Å². The third-order valence-electron chi connectivity index (χ3n) is 2.66. The van der Waals surface area contributed by atoms with Gasteiger partial charge >= 0.3 is 0 Å². The minimum atomic E-state index is -0.410. The number of nitrogens with one attached hydrogen (secondary N) is 1. The van der Waals surface area contributed by atoms with Crippen LogP contribution in [-0.4, -0.2) is 5.91 Å². The third-order valence-corrected chi connectivity index (χ3v) is 4.32. The van der Waals surface area contributed by atoms with Crippen LogP contribution in [0.3, 0.4) is 0 Å². The number of nitriles is 1. The molecule has 0 unspecified atom stereocenters. The van der Waals surface area contributed by atoms with E-state index in [1.54, 1.807) is 12.1 Å². The van der Waals surface area contributed by atoms with Gasteiger partial charge in [0.2, 0.25) is 0 Å². The van der Waals surface area contributed by atoms with Crippen molar-refractivity contribution >= 4 is 44.9 Å². The highest BCUT2D eigenvalue weighted by molar-refractivity contribution is 9.10. The van der Waals surface area contributed by atoms with Crippen LogP contribution in [0, 0.1) is 18.3 Å². The first-order valence-electron chi connectivity index (χ1n) is 5.83. The van der Waals surface area contributed by atoms with E-state index in [0.717, 1.165) is 14.9 Å². The van der Waals surface area contributed by atoms with Crippen molar-refractivity contribution in [2.75, 3.05) is 5.32 Å². The number of hydrogen-bond donors (Lipinski definition) is 1. The number of nitrogens with zero attached hydrogens (tertiary/aromatic N) is 1. The molecule has 100 valence electrons. The molecule has 5 heteroatoms. The molecule has 0 aliphatic rings. The van der Waals surface area contributed by atoms with Gasteiger partial charge in [0.05, 0.1) is 5.69 Å². The van der Waals surface area contributed by atoms with E-state index >= 15 is 0 Å². The number of anilines is 1. The molecule has 0 radical (unpaired) electrons. The van der Waals surface area contributed by atoms with Crippen molar-refractivity contribution in [3.8, 4) is 6.07 Å². The average molecular weight is 347 g/mol. The number of thiophene rings is 1. The number of amides is 1. The van der Waals surface area contributed by atoms with Crippen molar-refractivity contribution in [1.29, 1.82) is 5.26 Å². The SMILES string of the molecule is Cc1ccsc1/C=C(/C#N)C(=O)Nc1ccccc1Br. The Morgan fingerprint density at radius 2 is 2.15 bits per heavy atom. The number of benzene rings is 1. The first kappa shape index (κ1) is 14.5. The van der Waals surface area contributed by atoms with Gasteiger partial charge in [0.1, 0.15) is 11.6 Å². The van der Waals surface area contributed by atoms with Gasteiger partial charge in [-0.15, -0.1) is 11.3 Å². The largest absolute Gasteiger partial charge is 0.320 e. The van der Waals surface area contributed by atoms with Gasteiger partial charge in [-0.25, -0.2) is 0 Å². The standard InChI is InChI=1S/C15H11BrN2OS/c1-10-6-7-20-14(10)8-11(9-17)15(19)18-13-5-3-2-4-12(13)16/h2-8H,1H3,(H,18,19)/b11-8-. The van der Waals surface area contributed by atoms with Crippen LogP contribution in [0.5, 0.6) is 0 Å². The lowest BCUT2D eigenvalue weighted by molar-refractivity contribution is -0.112. The lowest BCUT2D eigenvalue weighted by Crippen LogP contribution is -2.13. The second-order valence-electron chi connectivity index (χ2n) is 4.07. The van der Waals surface area contributed by atoms with Gasteiger partial charge in [-0.1, -0.05) is 12.1 Å². The summed E-state index contributed by atoms with van der Waals surface area (Å²) in [6.45, 7) is 1.95. The number of hydrogen-bond acceptors (Lipinski definition) is 3. The fraction of sp³-hybridized carbons (Fsp3) is 0.0667. The minimum absolute atomic E-state index is 0.0892. The van der Waals surface area contributed by atoms with E-state index in [-0.39, 0.29) is 5.57 Å². The van der Waals surface area contributed by atoms with Crippen LogP contribution in [0.25, 0.3) is 6.08 Å². The molecule has 0 bridgehead atoms. The summed E-state index contributed by atoms with van der Waals surface area (Å²) in [5.74, 6) is -0.410. The average Bonchev–Trinajstić information content (AvgIpc) is 2.84. The van der Waals surface area contributed by atoms with E-state index in [1.807, 2.05) is 42.6 Å². The second-order valence-corrected chi connectivity index (χ2v) is 5.87. The summed E-state index contributed by atoms with van der Waals surface area (Å²) in [6, 6.07) is 11.2. The van der Waals surface area contributed by atoms with Crippen LogP contribution < -0.4 is 5.32 Å². The summed E-state index contributed by atoms with van der Waals surface area (Å²) in [7, 11) is 0. The first-order chi connectivity index (χ1) is 9.61. The molecule has 1 N–H and O–H groups in total. The van der Waals surface area contributed by atoms with E-state index in [0.29, 0.717) is 5.69 Å². The zero-order chi connectivity index (χ0) is 14.5. The van der Waals surface area contributed by atoms with E-state index in [9.17, 15) is 4.79 Å². The van der Waals surface area contributed by atoms with Crippen molar-refractivity contribution in [1.82, 2.24) is 0 Å². The Kier molecular flexibility index (Phi) is 4.72. The number of rotatable bonds is 3. The van der Waals surface area contributed by atoms with Gasteiger partial charge in [-0.3, -0.25) is 4.79 Å².